The Balaban J connectivity index is 1.08. The summed E-state index contributed by atoms with van der Waals surface area (Å²) in [6, 6.07) is 74.2. The van der Waals surface area contributed by atoms with Crippen molar-refractivity contribution in [3.8, 4) is 55.6 Å². The van der Waals surface area contributed by atoms with Crippen LogP contribution in [0.15, 0.2) is 200 Å². The average Bonchev–Trinajstić information content (AvgIpc) is 3.66. The molecular formula is C58H45N. The van der Waals surface area contributed by atoms with Crippen molar-refractivity contribution in [3.63, 3.8) is 0 Å². The van der Waals surface area contributed by atoms with E-state index in [1.807, 2.05) is 0 Å². The first-order valence-corrected chi connectivity index (χ1v) is 20.8. The van der Waals surface area contributed by atoms with Gasteiger partial charge in [-0.1, -0.05) is 185 Å². The van der Waals surface area contributed by atoms with E-state index in [0.29, 0.717) is 0 Å². The summed E-state index contributed by atoms with van der Waals surface area (Å²) in [7, 11) is 0. The van der Waals surface area contributed by atoms with Crippen LogP contribution in [0.1, 0.15) is 49.9 Å². The number of nitrogens with zero attached hydrogens (tertiary/aromatic N) is 1. The van der Waals surface area contributed by atoms with Crippen LogP contribution >= 0.6 is 0 Å². The Labute approximate surface area is 347 Å². The SMILES string of the molecule is CC1(C)c2ccccc2-c2ccc(N(c3ccc(-c4ccc(-c5ccccc5)cc4)cc3)c3ccc4c(c3)-c3c(-c5ccccc5)cc5ccccc5c3C4(C)C)cc21. The standard InChI is InChI=1S/C58H45N/c1-57(2)52-22-14-13-21-48(52)49-33-31-46(37-54(49)57)59(44-29-27-41(28-30-44)40-25-23-39(24-26-40)38-15-7-5-8-16-38)45-32-34-53-51(36-45)55-50(42-17-9-6-10-18-42)35-43-19-11-12-20-47(43)56(55)58(53,3)4/h5-37H,1-4H3. The molecule has 0 fully saturated rings. The third-order valence-electron chi connectivity index (χ3n) is 13.2. The number of fused-ring (bicyclic) bond motifs is 8. The van der Waals surface area contributed by atoms with Crippen LogP contribution in [0.5, 0.6) is 0 Å². The highest BCUT2D eigenvalue weighted by atomic mass is 15.1. The molecule has 0 spiro atoms. The Bertz CT molecular complexity index is 3060. The lowest BCUT2D eigenvalue weighted by atomic mass is 9.79. The predicted molar refractivity (Wildman–Crippen MR) is 250 cm³/mol. The lowest BCUT2D eigenvalue weighted by Gasteiger charge is -2.29. The molecule has 0 aromatic heterocycles. The van der Waals surface area contributed by atoms with Gasteiger partial charge in [-0.05, 0) is 131 Å². The van der Waals surface area contributed by atoms with Crippen molar-refractivity contribution in [3.05, 3.63) is 222 Å². The minimum Gasteiger partial charge on any atom is -0.310 e. The average molecular weight is 756 g/mol. The Morgan fingerprint density at radius 1 is 0.322 bits per heavy atom. The minimum atomic E-state index is -0.181. The molecule has 2 aliphatic rings. The van der Waals surface area contributed by atoms with E-state index in [0.717, 1.165) is 17.1 Å². The highest BCUT2D eigenvalue weighted by molar-refractivity contribution is 6.05. The van der Waals surface area contributed by atoms with Gasteiger partial charge in [0.25, 0.3) is 0 Å². The second-order valence-corrected chi connectivity index (χ2v) is 17.3. The lowest BCUT2D eigenvalue weighted by molar-refractivity contribution is 0.660. The van der Waals surface area contributed by atoms with E-state index >= 15 is 0 Å². The topological polar surface area (TPSA) is 3.24 Å². The quantitative estimate of drug-likeness (QED) is 0.163. The van der Waals surface area contributed by atoms with Crippen LogP contribution in [0.3, 0.4) is 0 Å². The van der Waals surface area contributed by atoms with Gasteiger partial charge in [0.05, 0.1) is 0 Å². The molecule has 0 N–H and O–H groups in total. The molecule has 0 atom stereocenters. The van der Waals surface area contributed by atoms with E-state index in [2.05, 4.69) is 233 Å². The number of hydrogen-bond acceptors (Lipinski definition) is 1. The summed E-state index contributed by atoms with van der Waals surface area (Å²) in [4.78, 5) is 2.47. The Kier molecular flexibility index (Phi) is 7.94. The van der Waals surface area contributed by atoms with Crippen molar-refractivity contribution in [2.75, 3.05) is 4.90 Å². The molecule has 0 amide bonds. The van der Waals surface area contributed by atoms with Gasteiger partial charge >= 0.3 is 0 Å². The Morgan fingerprint density at radius 3 is 1.54 bits per heavy atom. The maximum atomic E-state index is 2.47. The van der Waals surface area contributed by atoms with Crippen molar-refractivity contribution in [1.82, 2.24) is 0 Å². The normalized spacial score (nSPS) is 14.0. The number of anilines is 3. The van der Waals surface area contributed by atoms with Crippen LogP contribution in [-0.4, -0.2) is 0 Å². The molecule has 9 aromatic carbocycles. The van der Waals surface area contributed by atoms with E-state index in [4.69, 9.17) is 0 Å². The first-order valence-electron chi connectivity index (χ1n) is 20.8. The monoisotopic (exact) mass is 755 g/mol. The molecule has 9 aromatic rings. The summed E-state index contributed by atoms with van der Waals surface area (Å²) < 4.78 is 0. The molecule has 0 saturated heterocycles. The van der Waals surface area contributed by atoms with E-state index in [-0.39, 0.29) is 10.8 Å². The fourth-order valence-electron chi connectivity index (χ4n) is 10.2. The molecular weight excluding hydrogens is 711 g/mol. The van der Waals surface area contributed by atoms with Gasteiger partial charge in [-0.25, -0.2) is 0 Å². The van der Waals surface area contributed by atoms with Crippen LogP contribution in [-0.2, 0) is 10.8 Å². The first-order chi connectivity index (χ1) is 28.8. The Hall–Kier alpha value is -6.96. The second-order valence-electron chi connectivity index (χ2n) is 17.3. The molecule has 0 bridgehead atoms. The van der Waals surface area contributed by atoms with Crippen molar-refractivity contribution < 1.29 is 0 Å². The van der Waals surface area contributed by atoms with Crippen LogP contribution in [0, 0.1) is 0 Å². The fourth-order valence-corrected chi connectivity index (χ4v) is 10.2. The molecule has 59 heavy (non-hydrogen) atoms. The molecule has 282 valence electrons. The second kappa shape index (κ2) is 13.3. The van der Waals surface area contributed by atoms with Gasteiger partial charge in [-0.2, -0.15) is 0 Å². The lowest BCUT2D eigenvalue weighted by Crippen LogP contribution is -2.17. The number of benzene rings is 9. The van der Waals surface area contributed by atoms with E-state index < -0.39 is 0 Å². The summed E-state index contributed by atoms with van der Waals surface area (Å²) in [6.07, 6.45) is 0. The van der Waals surface area contributed by atoms with Gasteiger partial charge in [0.1, 0.15) is 0 Å². The molecule has 0 aliphatic heterocycles. The fraction of sp³-hybridized carbons (Fsp3) is 0.103. The molecule has 1 heteroatoms. The van der Waals surface area contributed by atoms with Crippen molar-refractivity contribution in [1.29, 1.82) is 0 Å². The predicted octanol–water partition coefficient (Wildman–Crippen LogP) is 15.9. The molecule has 0 saturated carbocycles. The molecule has 0 unspecified atom stereocenters. The molecule has 1 nitrogen and oxygen atoms in total. The van der Waals surface area contributed by atoms with Gasteiger partial charge in [0, 0.05) is 27.9 Å². The summed E-state index contributed by atoms with van der Waals surface area (Å²) >= 11 is 0. The highest BCUT2D eigenvalue weighted by Crippen LogP contribution is 2.57. The van der Waals surface area contributed by atoms with Gasteiger partial charge in [-0.15, -0.1) is 0 Å². The number of rotatable bonds is 6. The summed E-state index contributed by atoms with van der Waals surface area (Å²) in [5, 5.41) is 2.61. The highest BCUT2D eigenvalue weighted by Gasteiger charge is 2.40. The largest absolute Gasteiger partial charge is 0.310 e. The summed E-state index contributed by atoms with van der Waals surface area (Å²) in [5.41, 5.74) is 21.4. The zero-order valence-electron chi connectivity index (χ0n) is 34.0. The van der Waals surface area contributed by atoms with Crippen LogP contribution in [0.2, 0.25) is 0 Å². The van der Waals surface area contributed by atoms with Gasteiger partial charge in [0.2, 0.25) is 0 Å². The van der Waals surface area contributed by atoms with E-state index in [1.54, 1.807) is 0 Å². The third-order valence-corrected chi connectivity index (χ3v) is 13.2. The summed E-state index contributed by atoms with van der Waals surface area (Å²) in [6.45, 7) is 9.55. The Morgan fingerprint density at radius 2 is 0.831 bits per heavy atom. The van der Waals surface area contributed by atoms with Gasteiger partial charge < -0.3 is 4.90 Å². The molecule has 0 radical (unpaired) electrons. The van der Waals surface area contributed by atoms with Gasteiger partial charge in [0.15, 0.2) is 0 Å². The van der Waals surface area contributed by atoms with Crippen LogP contribution in [0.4, 0.5) is 17.1 Å². The zero-order valence-corrected chi connectivity index (χ0v) is 34.0. The maximum Gasteiger partial charge on any atom is 0.0468 e. The molecule has 11 rings (SSSR count). The third kappa shape index (κ3) is 5.53. The van der Waals surface area contributed by atoms with Crippen LogP contribution in [0.25, 0.3) is 66.4 Å². The van der Waals surface area contributed by atoms with Crippen molar-refractivity contribution in [2.24, 2.45) is 0 Å². The summed E-state index contributed by atoms with van der Waals surface area (Å²) in [5.74, 6) is 0. The van der Waals surface area contributed by atoms with Crippen LogP contribution < -0.4 is 4.90 Å². The first kappa shape index (κ1) is 35.2. The van der Waals surface area contributed by atoms with Crippen molar-refractivity contribution in [2.45, 2.75) is 38.5 Å². The zero-order chi connectivity index (χ0) is 39.9. The van der Waals surface area contributed by atoms with E-state index in [9.17, 15) is 0 Å². The minimum absolute atomic E-state index is 0.115. The van der Waals surface area contributed by atoms with Gasteiger partial charge in [-0.3, -0.25) is 0 Å². The smallest absolute Gasteiger partial charge is 0.0468 e. The molecule has 2 aliphatic carbocycles. The van der Waals surface area contributed by atoms with Crippen molar-refractivity contribution >= 4 is 27.8 Å². The number of hydrogen-bond donors (Lipinski definition) is 0. The van der Waals surface area contributed by atoms with E-state index in [1.165, 1.54) is 88.7 Å². The molecule has 0 heterocycles. The maximum absolute atomic E-state index is 2.47.